The highest BCUT2D eigenvalue weighted by Crippen LogP contribution is 2.34. The average Bonchev–Trinajstić information content (AvgIpc) is 2.95. The number of thioether (sulfide) groups is 1. The molecule has 0 aliphatic carbocycles. The van der Waals surface area contributed by atoms with E-state index in [4.69, 9.17) is 4.74 Å². The molecule has 0 amide bonds. The highest BCUT2D eigenvalue weighted by molar-refractivity contribution is 7.99. The normalized spacial score (nSPS) is 33.8. The van der Waals surface area contributed by atoms with Crippen molar-refractivity contribution >= 4 is 17.7 Å². The van der Waals surface area contributed by atoms with E-state index in [1.54, 1.807) is 0 Å². The molecular weight excluding hydrogens is 234 g/mol. The van der Waals surface area contributed by atoms with Crippen LogP contribution in [0.3, 0.4) is 0 Å². The summed E-state index contributed by atoms with van der Waals surface area (Å²) in [6, 6.07) is 0.449. The third kappa shape index (κ3) is 3.28. The van der Waals surface area contributed by atoms with Crippen LogP contribution in [0.2, 0.25) is 0 Å². The number of ether oxygens (including phenoxy) is 1. The molecule has 2 N–H and O–H groups in total. The van der Waals surface area contributed by atoms with Crippen molar-refractivity contribution in [3.05, 3.63) is 0 Å². The number of nitrogens with zero attached hydrogens (tertiary/aromatic N) is 1. The van der Waals surface area contributed by atoms with Crippen molar-refractivity contribution in [2.45, 2.75) is 49.7 Å². The Morgan fingerprint density at radius 3 is 2.88 bits per heavy atom. The summed E-state index contributed by atoms with van der Waals surface area (Å²) < 4.78 is 5.83. The van der Waals surface area contributed by atoms with Crippen molar-refractivity contribution in [1.29, 1.82) is 0 Å². The number of aliphatic imine (C=N–C) groups is 1. The third-order valence-electron chi connectivity index (χ3n) is 3.61. The first-order chi connectivity index (χ1) is 8.22. The van der Waals surface area contributed by atoms with Crippen LogP contribution in [0.1, 0.15) is 26.2 Å². The summed E-state index contributed by atoms with van der Waals surface area (Å²) in [5, 5.41) is 7.45. The molecule has 4 nitrogen and oxygen atoms in total. The van der Waals surface area contributed by atoms with E-state index in [1.807, 2.05) is 18.8 Å². The summed E-state index contributed by atoms with van der Waals surface area (Å²) in [6.07, 6.45) is 6.58. The van der Waals surface area contributed by atoms with Gasteiger partial charge >= 0.3 is 0 Å². The minimum atomic E-state index is 0.400. The summed E-state index contributed by atoms with van der Waals surface area (Å²) in [4.78, 5) is 4.27. The van der Waals surface area contributed by atoms with Gasteiger partial charge in [0.2, 0.25) is 0 Å². The summed E-state index contributed by atoms with van der Waals surface area (Å²) in [6.45, 7) is 3.16. The van der Waals surface area contributed by atoms with E-state index in [0.717, 1.165) is 18.9 Å². The van der Waals surface area contributed by atoms with Crippen molar-refractivity contribution < 1.29 is 4.74 Å². The molecule has 2 rings (SSSR count). The lowest BCUT2D eigenvalue weighted by atomic mass is 9.96. The number of rotatable bonds is 4. The molecule has 2 bridgehead atoms. The first-order valence-corrected chi connectivity index (χ1v) is 7.67. The molecule has 0 spiro atoms. The second-order valence-electron chi connectivity index (χ2n) is 4.86. The minimum Gasteiger partial charge on any atom is -0.373 e. The Balaban J connectivity index is 1.76. The van der Waals surface area contributed by atoms with Crippen molar-refractivity contribution in [1.82, 2.24) is 10.6 Å². The van der Waals surface area contributed by atoms with Gasteiger partial charge in [-0.15, -0.1) is 0 Å². The van der Waals surface area contributed by atoms with E-state index in [1.165, 1.54) is 12.8 Å². The van der Waals surface area contributed by atoms with Gasteiger partial charge < -0.3 is 15.4 Å². The van der Waals surface area contributed by atoms with Crippen LogP contribution in [0, 0.1) is 0 Å². The molecule has 0 aromatic rings. The van der Waals surface area contributed by atoms with Crippen LogP contribution in [-0.4, -0.2) is 49.3 Å². The molecule has 2 fully saturated rings. The van der Waals surface area contributed by atoms with Crippen molar-refractivity contribution in [2.75, 3.05) is 19.8 Å². The number of hydrogen-bond donors (Lipinski definition) is 2. The van der Waals surface area contributed by atoms with Gasteiger partial charge in [0.1, 0.15) is 0 Å². The number of guanidine groups is 1. The number of nitrogens with one attached hydrogen (secondary N) is 2. The fraction of sp³-hybridized carbons (Fsp3) is 0.917. The zero-order valence-electron chi connectivity index (χ0n) is 10.9. The molecule has 4 atom stereocenters. The van der Waals surface area contributed by atoms with Gasteiger partial charge in [-0.2, -0.15) is 11.8 Å². The van der Waals surface area contributed by atoms with Crippen LogP contribution in [-0.2, 0) is 4.74 Å². The number of hydrogen-bond acceptors (Lipinski definition) is 3. The first-order valence-electron chi connectivity index (χ1n) is 6.38. The Labute approximate surface area is 108 Å². The Kier molecular flexibility index (Phi) is 4.56. The quantitative estimate of drug-likeness (QED) is 0.587. The lowest BCUT2D eigenvalue weighted by Gasteiger charge is -2.23. The molecule has 2 saturated heterocycles. The van der Waals surface area contributed by atoms with E-state index >= 15 is 0 Å². The Bertz CT molecular complexity index is 285. The van der Waals surface area contributed by atoms with E-state index in [0.29, 0.717) is 23.5 Å². The Hall–Kier alpha value is -0.420. The van der Waals surface area contributed by atoms with Crippen LogP contribution in [0.15, 0.2) is 4.99 Å². The van der Waals surface area contributed by atoms with Crippen molar-refractivity contribution in [2.24, 2.45) is 4.99 Å². The summed E-state index contributed by atoms with van der Waals surface area (Å²) >= 11 is 1.86. The topological polar surface area (TPSA) is 45.7 Å². The third-order valence-corrected chi connectivity index (χ3v) is 4.58. The molecule has 0 aromatic heterocycles. The molecule has 2 aliphatic rings. The van der Waals surface area contributed by atoms with Gasteiger partial charge in [-0.25, -0.2) is 0 Å². The molecule has 2 heterocycles. The predicted molar refractivity (Wildman–Crippen MR) is 73.8 cm³/mol. The fourth-order valence-corrected chi connectivity index (χ4v) is 2.73. The van der Waals surface area contributed by atoms with Gasteiger partial charge in [0, 0.05) is 18.8 Å². The highest BCUT2D eigenvalue weighted by Gasteiger charge is 2.41. The molecule has 0 saturated carbocycles. The van der Waals surface area contributed by atoms with Gasteiger partial charge in [-0.3, -0.25) is 4.99 Å². The lowest BCUT2D eigenvalue weighted by Crippen LogP contribution is -2.48. The smallest absolute Gasteiger partial charge is 0.191 e. The van der Waals surface area contributed by atoms with Gasteiger partial charge in [-0.05, 0) is 25.5 Å². The first kappa shape index (κ1) is 13.0. The van der Waals surface area contributed by atoms with Gasteiger partial charge in [-0.1, -0.05) is 6.92 Å². The molecule has 4 unspecified atom stereocenters. The average molecular weight is 257 g/mol. The minimum absolute atomic E-state index is 0.400. The predicted octanol–water partition coefficient (Wildman–Crippen LogP) is 1.22. The van der Waals surface area contributed by atoms with Crippen LogP contribution in [0.4, 0.5) is 0 Å². The van der Waals surface area contributed by atoms with E-state index in [2.05, 4.69) is 28.8 Å². The van der Waals surface area contributed by atoms with E-state index < -0.39 is 0 Å². The monoisotopic (exact) mass is 257 g/mol. The summed E-state index contributed by atoms with van der Waals surface area (Å²) in [5.74, 6) is 0.909. The Morgan fingerprint density at radius 1 is 1.53 bits per heavy atom. The standard InChI is InChI=1S/C12H23N3OS/c1-8(17-3)7-14-12(13-2)15-10-6-9-4-5-11(10)16-9/h8-11H,4-7H2,1-3H3,(H2,13,14,15). The zero-order chi connectivity index (χ0) is 12.3. The lowest BCUT2D eigenvalue weighted by molar-refractivity contribution is 0.0992. The summed E-state index contributed by atoms with van der Waals surface area (Å²) in [7, 11) is 1.83. The fourth-order valence-electron chi connectivity index (χ4n) is 2.48. The second-order valence-corrected chi connectivity index (χ2v) is 6.14. The van der Waals surface area contributed by atoms with Crippen molar-refractivity contribution in [3.63, 3.8) is 0 Å². The van der Waals surface area contributed by atoms with Crippen LogP contribution < -0.4 is 10.6 Å². The summed E-state index contributed by atoms with van der Waals surface area (Å²) in [5.41, 5.74) is 0. The maximum absolute atomic E-state index is 5.83. The molecule has 98 valence electrons. The zero-order valence-corrected chi connectivity index (χ0v) is 11.7. The largest absolute Gasteiger partial charge is 0.373 e. The van der Waals surface area contributed by atoms with Gasteiger partial charge in [0.05, 0.1) is 18.2 Å². The SMILES string of the molecule is CN=C(NCC(C)SC)NC1CC2CCC1O2. The molecule has 5 heteroatoms. The van der Waals surface area contributed by atoms with Crippen molar-refractivity contribution in [3.8, 4) is 0 Å². The van der Waals surface area contributed by atoms with E-state index in [9.17, 15) is 0 Å². The van der Waals surface area contributed by atoms with Crippen LogP contribution in [0.5, 0.6) is 0 Å². The second kappa shape index (κ2) is 5.96. The molecule has 17 heavy (non-hydrogen) atoms. The van der Waals surface area contributed by atoms with Gasteiger partial charge in [0.15, 0.2) is 5.96 Å². The maximum atomic E-state index is 5.83. The maximum Gasteiger partial charge on any atom is 0.191 e. The molecule has 0 aromatic carbocycles. The number of fused-ring (bicyclic) bond motifs is 2. The molecule has 2 aliphatic heterocycles. The molecular formula is C12H23N3OS. The van der Waals surface area contributed by atoms with Crippen LogP contribution >= 0.6 is 11.8 Å². The van der Waals surface area contributed by atoms with Crippen LogP contribution in [0.25, 0.3) is 0 Å². The van der Waals surface area contributed by atoms with E-state index in [-0.39, 0.29) is 0 Å². The Morgan fingerprint density at radius 2 is 2.35 bits per heavy atom. The molecule has 0 radical (unpaired) electrons. The van der Waals surface area contributed by atoms with Gasteiger partial charge in [0.25, 0.3) is 0 Å². The highest BCUT2D eigenvalue weighted by atomic mass is 32.2.